The fraction of sp³-hybridized carbons (Fsp3) is 0. The van der Waals surface area contributed by atoms with Crippen molar-refractivity contribution < 1.29 is 4.39 Å². The van der Waals surface area contributed by atoms with Crippen molar-refractivity contribution in [3.63, 3.8) is 0 Å². The van der Waals surface area contributed by atoms with E-state index in [4.69, 9.17) is 5.26 Å². The van der Waals surface area contributed by atoms with E-state index in [0.29, 0.717) is 11.3 Å². The smallest absolute Gasteiger partial charge is 0.123 e. The molecule has 0 aliphatic heterocycles. The van der Waals surface area contributed by atoms with E-state index in [9.17, 15) is 4.39 Å². The molecule has 2 aromatic carbocycles. The average molecular weight is 239 g/mol. The summed E-state index contributed by atoms with van der Waals surface area (Å²) in [6.07, 6.45) is 1.63. The number of hydrogen-bond donors (Lipinski definition) is 1. The lowest BCUT2D eigenvalue weighted by atomic mass is 10.2. The summed E-state index contributed by atoms with van der Waals surface area (Å²) in [5.41, 5.74) is 4.98. The highest BCUT2D eigenvalue weighted by Crippen LogP contribution is 2.08. The van der Waals surface area contributed by atoms with Gasteiger partial charge in [-0.2, -0.15) is 10.4 Å². The minimum atomic E-state index is -0.281. The number of rotatable bonds is 3. The molecule has 0 spiro atoms. The van der Waals surface area contributed by atoms with Gasteiger partial charge in [-0.1, -0.05) is 12.1 Å². The lowest BCUT2D eigenvalue weighted by Gasteiger charge is -1.99. The van der Waals surface area contributed by atoms with Gasteiger partial charge in [0, 0.05) is 0 Å². The van der Waals surface area contributed by atoms with Gasteiger partial charge in [-0.15, -0.1) is 0 Å². The monoisotopic (exact) mass is 239 g/mol. The summed E-state index contributed by atoms with van der Waals surface area (Å²) in [6, 6.07) is 15.0. The second-order valence-corrected chi connectivity index (χ2v) is 3.61. The maximum Gasteiger partial charge on any atom is 0.123 e. The Kier molecular flexibility index (Phi) is 3.67. The Balaban J connectivity index is 1.98. The standard InChI is InChI=1S/C14H10FN3/c15-13-5-7-14(8-6-13)18-17-10-12-3-1-11(9-16)2-4-12/h1-8,10,18H/b17-10-. The van der Waals surface area contributed by atoms with Crippen LogP contribution >= 0.6 is 0 Å². The lowest BCUT2D eigenvalue weighted by Crippen LogP contribution is -1.90. The van der Waals surface area contributed by atoms with Crippen LogP contribution in [-0.4, -0.2) is 6.21 Å². The molecule has 3 nitrogen and oxygen atoms in total. The zero-order valence-corrected chi connectivity index (χ0v) is 9.47. The van der Waals surface area contributed by atoms with Gasteiger partial charge in [0.15, 0.2) is 0 Å². The second kappa shape index (κ2) is 5.60. The van der Waals surface area contributed by atoms with Gasteiger partial charge in [0.2, 0.25) is 0 Å². The highest BCUT2D eigenvalue weighted by molar-refractivity contribution is 5.80. The number of benzene rings is 2. The maximum absolute atomic E-state index is 12.7. The normalized spacial score (nSPS) is 10.2. The van der Waals surface area contributed by atoms with Crippen LogP contribution in [0.1, 0.15) is 11.1 Å². The largest absolute Gasteiger partial charge is 0.279 e. The van der Waals surface area contributed by atoms with E-state index in [1.807, 2.05) is 6.07 Å². The molecule has 18 heavy (non-hydrogen) atoms. The summed E-state index contributed by atoms with van der Waals surface area (Å²) >= 11 is 0. The van der Waals surface area contributed by atoms with Crippen LogP contribution in [0.25, 0.3) is 0 Å². The van der Waals surface area contributed by atoms with Crippen molar-refractivity contribution in [1.82, 2.24) is 0 Å². The van der Waals surface area contributed by atoms with Crippen LogP contribution in [0.5, 0.6) is 0 Å². The van der Waals surface area contributed by atoms with Gasteiger partial charge in [-0.3, -0.25) is 5.43 Å². The van der Waals surface area contributed by atoms with E-state index < -0.39 is 0 Å². The zero-order valence-electron chi connectivity index (χ0n) is 9.47. The van der Waals surface area contributed by atoms with Gasteiger partial charge in [-0.25, -0.2) is 4.39 Å². The highest BCUT2D eigenvalue weighted by atomic mass is 19.1. The molecule has 2 aromatic rings. The molecular weight excluding hydrogens is 229 g/mol. The number of nitrogens with zero attached hydrogens (tertiary/aromatic N) is 2. The summed E-state index contributed by atoms with van der Waals surface area (Å²) in [5, 5.41) is 12.7. The summed E-state index contributed by atoms with van der Waals surface area (Å²) in [5.74, 6) is -0.281. The summed E-state index contributed by atoms with van der Waals surface area (Å²) in [7, 11) is 0. The van der Waals surface area contributed by atoms with E-state index in [2.05, 4.69) is 10.5 Å². The number of nitriles is 1. The Morgan fingerprint density at radius 1 is 1.06 bits per heavy atom. The van der Waals surface area contributed by atoms with Gasteiger partial charge in [0.1, 0.15) is 5.82 Å². The van der Waals surface area contributed by atoms with Crippen LogP contribution in [0.15, 0.2) is 53.6 Å². The molecular formula is C14H10FN3. The van der Waals surface area contributed by atoms with Crippen LogP contribution in [0.2, 0.25) is 0 Å². The number of anilines is 1. The van der Waals surface area contributed by atoms with E-state index in [0.717, 1.165) is 5.56 Å². The van der Waals surface area contributed by atoms with Crippen LogP contribution in [0.3, 0.4) is 0 Å². The molecule has 0 radical (unpaired) electrons. The Bertz CT molecular complexity index is 580. The minimum Gasteiger partial charge on any atom is -0.279 e. The van der Waals surface area contributed by atoms with E-state index in [1.165, 1.54) is 12.1 Å². The molecule has 0 aromatic heterocycles. The van der Waals surface area contributed by atoms with Crippen molar-refractivity contribution >= 4 is 11.9 Å². The quantitative estimate of drug-likeness (QED) is 0.660. The molecule has 0 amide bonds. The molecule has 0 unspecified atom stereocenters. The topological polar surface area (TPSA) is 48.2 Å². The van der Waals surface area contributed by atoms with Crippen molar-refractivity contribution in [3.05, 3.63) is 65.5 Å². The van der Waals surface area contributed by atoms with Crippen molar-refractivity contribution in [1.29, 1.82) is 5.26 Å². The Morgan fingerprint density at radius 3 is 2.33 bits per heavy atom. The Hall–Kier alpha value is -2.67. The first-order valence-corrected chi connectivity index (χ1v) is 5.33. The molecule has 2 rings (SSSR count). The molecule has 0 aliphatic carbocycles. The van der Waals surface area contributed by atoms with Crippen LogP contribution in [0.4, 0.5) is 10.1 Å². The fourth-order valence-electron chi connectivity index (χ4n) is 1.35. The summed E-state index contributed by atoms with van der Waals surface area (Å²) < 4.78 is 12.7. The lowest BCUT2D eigenvalue weighted by molar-refractivity contribution is 0.628. The van der Waals surface area contributed by atoms with Gasteiger partial charge in [0.05, 0.1) is 23.5 Å². The summed E-state index contributed by atoms with van der Waals surface area (Å²) in [6.45, 7) is 0. The van der Waals surface area contributed by atoms with Crippen molar-refractivity contribution in [2.75, 3.05) is 5.43 Å². The van der Waals surface area contributed by atoms with Gasteiger partial charge < -0.3 is 0 Å². The van der Waals surface area contributed by atoms with Gasteiger partial charge in [-0.05, 0) is 42.0 Å². The molecule has 0 fully saturated rings. The molecule has 0 saturated heterocycles. The molecule has 1 N–H and O–H groups in total. The number of nitrogens with one attached hydrogen (secondary N) is 1. The van der Waals surface area contributed by atoms with Crippen molar-refractivity contribution in [2.45, 2.75) is 0 Å². The van der Waals surface area contributed by atoms with Crippen LogP contribution in [-0.2, 0) is 0 Å². The predicted molar refractivity (Wildman–Crippen MR) is 68.8 cm³/mol. The van der Waals surface area contributed by atoms with Gasteiger partial charge >= 0.3 is 0 Å². The molecule has 0 aliphatic rings. The van der Waals surface area contributed by atoms with Crippen LogP contribution in [0, 0.1) is 17.1 Å². The summed E-state index contributed by atoms with van der Waals surface area (Å²) in [4.78, 5) is 0. The second-order valence-electron chi connectivity index (χ2n) is 3.61. The molecule has 0 saturated carbocycles. The molecule has 0 heterocycles. The molecule has 0 atom stereocenters. The van der Waals surface area contributed by atoms with Gasteiger partial charge in [0.25, 0.3) is 0 Å². The maximum atomic E-state index is 12.7. The first kappa shape index (κ1) is 11.8. The van der Waals surface area contributed by atoms with Crippen molar-refractivity contribution in [2.24, 2.45) is 5.10 Å². The first-order chi connectivity index (χ1) is 8.78. The zero-order chi connectivity index (χ0) is 12.8. The number of hydrogen-bond acceptors (Lipinski definition) is 3. The molecule has 4 heteroatoms. The van der Waals surface area contributed by atoms with Crippen molar-refractivity contribution in [3.8, 4) is 6.07 Å². The number of hydrazone groups is 1. The minimum absolute atomic E-state index is 0.281. The van der Waals surface area contributed by atoms with E-state index in [-0.39, 0.29) is 5.82 Å². The Labute approximate surface area is 104 Å². The molecule has 88 valence electrons. The first-order valence-electron chi connectivity index (χ1n) is 5.33. The predicted octanol–water partition coefficient (Wildman–Crippen LogP) is 3.14. The highest BCUT2D eigenvalue weighted by Gasteiger charge is 1.92. The third-order valence-corrected chi connectivity index (χ3v) is 2.29. The SMILES string of the molecule is N#Cc1ccc(/C=N\Nc2ccc(F)cc2)cc1. The van der Waals surface area contributed by atoms with E-state index >= 15 is 0 Å². The number of halogens is 1. The van der Waals surface area contributed by atoms with Crippen LogP contribution < -0.4 is 5.43 Å². The third kappa shape index (κ3) is 3.16. The fourth-order valence-corrected chi connectivity index (χ4v) is 1.35. The average Bonchev–Trinajstić information content (AvgIpc) is 2.42. The molecule has 0 bridgehead atoms. The third-order valence-electron chi connectivity index (χ3n) is 2.29. The Morgan fingerprint density at radius 2 is 1.72 bits per heavy atom. The van der Waals surface area contributed by atoms with E-state index in [1.54, 1.807) is 42.6 Å².